The summed E-state index contributed by atoms with van der Waals surface area (Å²) in [6.07, 6.45) is -1.02. The topological polar surface area (TPSA) is 103 Å². The molecule has 0 spiro atoms. The van der Waals surface area contributed by atoms with Gasteiger partial charge in [-0.15, -0.1) is 0 Å². The van der Waals surface area contributed by atoms with Crippen LogP contribution in [-0.2, 0) is 12.7 Å². The van der Waals surface area contributed by atoms with Gasteiger partial charge >= 0.3 is 6.18 Å². The van der Waals surface area contributed by atoms with Crippen LogP contribution in [0.3, 0.4) is 0 Å². The van der Waals surface area contributed by atoms with Crippen LogP contribution >= 0.6 is 0 Å². The van der Waals surface area contributed by atoms with E-state index in [0.717, 1.165) is 31.0 Å². The van der Waals surface area contributed by atoms with Gasteiger partial charge in [0.15, 0.2) is 28.5 Å². The number of nitrogens with one attached hydrogen (secondary N) is 1. The molecule has 0 amide bonds. The van der Waals surface area contributed by atoms with Gasteiger partial charge in [-0.05, 0) is 29.8 Å². The summed E-state index contributed by atoms with van der Waals surface area (Å²) in [4.78, 5) is 23.2. The fourth-order valence-electron chi connectivity index (χ4n) is 5.24. The number of piperazine rings is 1. The number of halogens is 3. The molecule has 11 nitrogen and oxygen atoms in total. The Morgan fingerprint density at radius 2 is 1.51 bits per heavy atom. The van der Waals surface area contributed by atoms with E-state index in [2.05, 4.69) is 25.1 Å². The second-order valence-corrected chi connectivity index (χ2v) is 10.3. The van der Waals surface area contributed by atoms with Crippen molar-refractivity contribution < 1.29 is 27.4 Å². The average molecular weight is 621 g/mol. The molecule has 0 atom stereocenters. The van der Waals surface area contributed by atoms with Gasteiger partial charge in [0, 0.05) is 50.2 Å². The molecule has 14 heteroatoms. The predicted octanol–water partition coefficient (Wildman–Crippen LogP) is 5.38. The van der Waals surface area contributed by atoms with Gasteiger partial charge in [-0.2, -0.15) is 23.1 Å². The highest BCUT2D eigenvalue weighted by Crippen LogP contribution is 2.41. The van der Waals surface area contributed by atoms with Crippen molar-refractivity contribution in [1.29, 1.82) is 0 Å². The first kappa shape index (κ1) is 29.8. The van der Waals surface area contributed by atoms with Crippen LogP contribution in [0.1, 0.15) is 11.1 Å². The zero-order valence-electron chi connectivity index (χ0n) is 24.9. The molecule has 1 aliphatic heterocycles. The molecule has 4 heterocycles. The molecule has 3 aromatic heterocycles. The minimum absolute atomic E-state index is 0.266. The third-order valence-corrected chi connectivity index (χ3v) is 7.55. The van der Waals surface area contributed by atoms with Gasteiger partial charge in [-0.25, -0.2) is 9.97 Å². The van der Waals surface area contributed by atoms with Gasteiger partial charge in [0.05, 0.1) is 39.8 Å². The number of aromatic nitrogens is 5. The van der Waals surface area contributed by atoms with Crippen molar-refractivity contribution in [3.05, 3.63) is 78.2 Å². The molecule has 1 aliphatic rings. The van der Waals surface area contributed by atoms with E-state index in [1.807, 2.05) is 18.2 Å². The summed E-state index contributed by atoms with van der Waals surface area (Å²) >= 11 is 0. The molecule has 234 valence electrons. The number of fused-ring (bicyclic) bond motifs is 1. The Morgan fingerprint density at radius 1 is 0.822 bits per heavy atom. The van der Waals surface area contributed by atoms with Crippen molar-refractivity contribution in [2.75, 3.05) is 62.6 Å². The van der Waals surface area contributed by atoms with Crippen LogP contribution in [-0.4, -0.2) is 72.0 Å². The largest absolute Gasteiger partial charge is 0.493 e. The van der Waals surface area contributed by atoms with E-state index in [4.69, 9.17) is 24.2 Å². The minimum Gasteiger partial charge on any atom is -0.493 e. The van der Waals surface area contributed by atoms with E-state index in [-0.39, 0.29) is 6.54 Å². The lowest BCUT2D eigenvalue weighted by atomic mass is 10.1. The molecular formula is C31H31F3N8O3. The van der Waals surface area contributed by atoms with E-state index < -0.39 is 11.7 Å². The SMILES string of the molecule is COc1cc(Nc2nc(N3CCN(c4ccccn4)CC3)nc3c2ncn3Cc2ccc(C(F)(F)F)cc2)cc(OC)c1OC. The minimum atomic E-state index is -4.41. The highest BCUT2D eigenvalue weighted by molar-refractivity contribution is 5.87. The first-order valence-corrected chi connectivity index (χ1v) is 14.1. The summed E-state index contributed by atoms with van der Waals surface area (Å²) in [7, 11) is 4.61. The molecule has 5 aromatic rings. The van der Waals surface area contributed by atoms with Crippen LogP contribution in [0.5, 0.6) is 17.2 Å². The maximum atomic E-state index is 13.1. The summed E-state index contributed by atoms with van der Waals surface area (Å²) in [5, 5.41) is 3.35. The van der Waals surface area contributed by atoms with Gasteiger partial charge in [-0.1, -0.05) is 18.2 Å². The summed E-state index contributed by atoms with van der Waals surface area (Å²) in [6.45, 7) is 3.01. The van der Waals surface area contributed by atoms with Crippen LogP contribution in [0.15, 0.2) is 67.1 Å². The highest BCUT2D eigenvalue weighted by atomic mass is 19.4. The molecule has 0 unspecified atom stereocenters. The van der Waals surface area contributed by atoms with Gasteiger partial charge in [0.25, 0.3) is 0 Å². The fourth-order valence-corrected chi connectivity index (χ4v) is 5.24. The lowest BCUT2D eigenvalue weighted by Crippen LogP contribution is -2.47. The van der Waals surface area contributed by atoms with Crippen molar-refractivity contribution in [1.82, 2.24) is 24.5 Å². The third-order valence-electron chi connectivity index (χ3n) is 7.55. The van der Waals surface area contributed by atoms with Crippen molar-refractivity contribution in [2.45, 2.75) is 12.7 Å². The van der Waals surface area contributed by atoms with Crippen LogP contribution in [0, 0.1) is 0 Å². The third kappa shape index (κ3) is 6.21. The number of rotatable bonds is 9. The lowest BCUT2D eigenvalue weighted by Gasteiger charge is -2.35. The Bertz CT molecular complexity index is 1750. The van der Waals surface area contributed by atoms with E-state index in [1.165, 1.54) is 33.5 Å². The number of alkyl halides is 3. The number of methoxy groups -OCH3 is 3. The maximum Gasteiger partial charge on any atom is 0.416 e. The number of pyridine rings is 1. The summed E-state index contributed by atoms with van der Waals surface area (Å²) < 4.78 is 57.7. The molecule has 6 rings (SSSR count). The molecule has 45 heavy (non-hydrogen) atoms. The van der Waals surface area contributed by atoms with Crippen LogP contribution in [0.2, 0.25) is 0 Å². The molecule has 0 bridgehead atoms. The molecule has 1 fully saturated rings. The fraction of sp³-hybridized carbons (Fsp3) is 0.290. The molecule has 0 aliphatic carbocycles. The highest BCUT2D eigenvalue weighted by Gasteiger charge is 2.30. The first-order valence-electron chi connectivity index (χ1n) is 14.1. The smallest absolute Gasteiger partial charge is 0.416 e. The van der Waals surface area contributed by atoms with Crippen molar-refractivity contribution in [3.8, 4) is 17.2 Å². The van der Waals surface area contributed by atoms with Crippen LogP contribution < -0.4 is 29.3 Å². The van der Waals surface area contributed by atoms with Crippen molar-refractivity contribution >= 4 is 34.4 Å². The number of nitrogens with zero attached hydrogens (tertiary/aromatic N) is 7. The number of hydrogen-bond acceptors (Lipinski definition) is 10. The monoisotopic (exact) mass is 620 g/mol. The summed E-state index contributed by atoms with van der Waals surface area (Å²) in [5.41, 5.74) is 1.61. The standard InChI is InChI=1S/C31H31F3N8O3/c1-43-23-16-22(17-24(44-2)27(23)45-3)37-28-26-29(42(19-36-26)18-20-7-9-21(10-8-20)31(32,33)34)39-30(38-28)41-14-12-40(13-15-41)25-6-4-5-11-35-25/h4-11,16-17,19H,12-15,18H2,1-3H3,(H,37,38,39). The number of ether oxygens (including phenoxy) is 3. The van der Waals surface area contributed by atoms with Gasteiger partial charge in [0.2, 0.25) is 11.7 Å². The zero-order valence-corrected chi connectivity index (χ0v) is 24.9. The van der Waals surface area contributed by atoms with E-state index >= 15 is 0 Å². The quantitative estimate of drug-likeness (QED) is 0.231. The molecule has 0 saturated carbocycles. The van der Waals surface area contributed by atoms with E-state index in [9.17, 15) is 13.2 Å². The zero-order chi connectivity index (χ0) is 31.6. The Morgan fingerprint density at radius 3 is 2.11 bits per heavy atom. The Hall–Kier alpha value is -5.27. The lowest BCUT2D eigenvalue weighted by molar-refractivity contribution is -0.137. The number of hydrogen-bond donors (Lipinski definition) is 1. The second-order valence-electron chi connectivity index (χ2n) is 10.3. The van der Waals surface area contributed by atoms with Gasteiger partial charge < -0.3 is 33.9 Å². The molecule has 1 saturated heterocycles. The molecule has 0 radical (unpaired) electrons. The number of imidazole rings is 1. The summed E-state index contributed by atoms with van der Waals surface area (Å²) in [5.74, 6) is 3.22. The van der Waals surface area contributed by atoms with E-state index in [0.29, 0.717) is 64.5 Å². The van der Waals surface area contributed by atoms with Crippen molar-refractivity contribution in [2.24, 2.45) is 0 Å². The van der Waals surface area contributed by atoms with Gasteiger partial charge in [0.1, 0.15) is 5.82 Å². The van der Waals surface area contributed by atoms with Crippen LogP contribution in [0.4, 0.5) is 36.4 Å². The Kier molecular flexibility index (Phi) is 8.20. The predicted molar refractivity (Wildman–Crippen MR) is 164 cm³/mol. The molecule has 2 aromatic carbocycles. The Labute approximate surface area is 257 Å². The first-order chi connectivity index (χ1) is 21.8. The van der Waals surface area contributed by atoms with Crippen LogP contribution in [0.25, 0.3) is 11.2 Å². The normalized spacial score (nSPS) is 13.6. The maximum absolute atomic E-state index is 13.1. The molecular weight excluding hydrogens is 589 g/mol. The van der Waals surface area contributed by atoms with Crippen molar-refractivity contribution in [3.63, 3.8) is 0 Å². The average Bonchev–Trinajstić information content (AvgIpc) is 3.47. The number of benzene rings is 2. The Balaban J connectivity index is 1.36. The summed E-state index contributed by atoms with van der Waals surface area (Å²) in [6, 6.07) is 14.4. The molecule has 1 N–H and O–H groups in total. The van der Waals surface area contributed by atoms with Gasteiger partial charge in [-0.3, -0.25) is 0 Å². The van der Waals surface area contributed by atoms with E-state index in [1.54, 1.807) is 29.2 Å². The second kappa shape index (κ2) is 12.4. The number of anilines is 4.